The molecule has 1 aliphatic carbocycles. The maximum absolute atomic E-state index is 11.9. The third kappa shape index (κ3) is 2.73. The van der Waals surface area contributed by atoms with Crippen LogP contribution in [0.2, 0.25) is 0 Å². The highest BCUT2D eigenvalue weighted by Crippen LogP contribution is 2.47. The Hall–Kier alpha value is -2.36. The number of carbonyl (C=O) groups excluding carboxylic acids is 1. The number of carbonyl (C=O) groups is 1. The van der Waals surface area contributed by atoms with E-state index in [2.05, 4.69) is 22.7 Å². The van der Waals surface area contributed by atoms with Gasteiger partial charge in [0.05, 0.1) is 12.5 Å². The zero-order chi connectivity index (χ0) is 13.1. The predicted octanol–water partition coefficient (Wildman–Crippen LogP) is 2.53. The standard InChI is InChI=1S/C15H14N2O2/c18-15(17-16-10-12-7-4-8-19-12)14-9-13(14)11-5-2-1-3-6-11/h1-8,10,13-14H,9H2,(H,17,18)/b16-10-/t13-,14-/m1/s1. The van der Waals surface area contributed by atoms with E-state index in [1.54, 1.807) is 18.4 Å². The topological polar surface area (TPSA) is 54.6 Å². The molecule has 1 N–H and O–H groups in total. The van der Waals surface area contributed by atoms with Gasteiger partial charge < -0.3 is 4.42 Å². The van der Waals surface area contributed by atoms with Crippen molar-refractivity contribution in [3.05, 3.63) is 60.1 Å². The lowest BCUT2D eigenvalue weighted by Gasteiger charge is -1.99. The molecule has 4 nitrogen and oxygen atoms in total. The Balaban J connectivity index is 1.53. The summed E-state index contributed by atoms with van der Waals surface area (Å²) in [5.41, 5.74) is 3.77. The highest BCUT2D eigenvalue weighted by Gasteiger charge is 2.43. The number of hydrazone groups is 1. The summed E-state index contributed by atoms with van der Waals surface area (Å²) in [5.74, 6) is 0.962. The van der Waals surface area contributed by atoms with Crippen molar-refractivity contribution in [2.45, 2.75) is 12.3 Å². The fourth-order valence-corrected chi connectivity index (χ4v) is 2.16. The van der Waals surface area contributed by atoms with Gasteiger partial charge in [0.1, 0.15) is 5.76 Å². The number of benzene rings is 1. The number of amides is 1. The van der Waals surface area contributed by atoms with Gasteiger partial charge in [-0.05, 0) is 30.0 Å². The van der Waals surface area contributed by atoms with Crippen molar-refractivity contribution in [3.63, 3.8) is 0 Å². The van der Waals surface area contributed by atoms with Crippen LogP contribution in [0, 0.1) is 5.92 Å². The highest BCUT2D eigenvalue weighted by molar-refractivity contribution is 5.84. The van der Waals surface area contributed by atoms with Crippen molar-refractivity contribution in [2.24, 2.45) is 11.0 Å². The van der Waals surface area contributed by atoms with Gasteiger partial charge in [-0.1, -0.05) is 30.3 Å². The summed E-state index contributed by atoms with van der Waals surface area (Å²) in [6.45, 7) is 0. The smallest absolute Gasteiger partial charge is 0.243 e. The Labute approximate surface area is 111 Å². The van der Waals surface area contributed by atoms with Gasteiger partial charge in [0.15, 0.2) is 0 Å². The summed E-state index contributed by atoms with van der Waals surface area (Å²) in [4.78, 5) is 11.9. The van der Waals surface area contributed by atoms with Gasteiger partial charge in [-0.2, -0.15) is 5.10 Å². The van der Waals surface area contributed by atoms with Crippen LogP contribution >= 0.6 is 0 Å². The molecular weight excluding hydrogens is 240 g/mol. The van der Waals surface area contributed by atoms with Crippen molar-refractivity contribution >= 4 is 12.1 Å². The fraction of sp³-hybridized carbons (Fsp3) is 0.200. The first-order valence-corrected chi connectivity index (χ1v) is 6.26. The van der Waals surface area contributed by atoms with Crippen LogP contribution in [0.25, 0.3) is 0 Å². The SMILES string of the molecule is O=C(N/N=C\c1ccco1)[C@@H]1C[C@@H]1c1ccccc1. The molecule has 2 aromatic rings. The molecule has 19 heavy (non-hydrogen) atoms. The Bertz CT molecular complexity index is 575. The Morgan fingerprint density at radius 2 is 2.11 bits per heavy atom. The fourth-order valence-electron chi connectivity index (χ4n) is 2.16. The summed E-state index contributed by atoms with van der Waals surface area (Å²) < 4.78 is 5.08. The second-order valence-corrected chi connectivity index (χ2v) is 4.61. The van der Waals surface area contributed by atoms with E-state index in [1.807, 2.05) is 18.2 Å². The van der Waals surface area contributed by atoms with Crippen LogP contribution in [-0.4, -0.2) is 12.1 Å². The zero-order valence-electron chi connectivity index (χ0n) is 10.3. The van der Waals surface area contributed by atoms with Crippen molar-refractivity contribution in [1.82, 2.24) is 5.43 Å². The predicted molar refractivity (Wildman–Crippen MR) is 71.7 cm³/mol. The van der Waals surface area contributed by atoms with E-state index in [4.69, 9.17) is 4.42 Å². The van der Waals surface area contributed by atoms with Gasteiger partial charge in [0.25, 0.3) is 0 Å². The van der Waals surface area contributed by atoms with Gasteiger partial charge in [-0.3, -0.25) is 4.79 Å². The van der Waals surface area contributed by atoms with Gasteiger partial charge in [0.2, 0.25) is 5.91 Å². The lowest BCUT2D eigenvalue weighted by Crippen LogP contribution is -2.20. The summed E-state index contributed by atoms with van der Waals surface area (Å²) in [5, 5.41) is 3.88. The number of nitrogens with one attached hydrogen (secondary N) is 1. The minimum Gasteiger partial charge on any atom is -0.463 e. The molecule has 4 heteroatoms. The first kappa shape index (κ1) is 11.7. The number of rotatable bonds is 4. The van der Waals surface area contributed by atoms with Crippen LogP contribution in [-0.2, 0) is 4.79 Å². The molecule has 0 spiro atoms. The summed E-state index contributed by atoms with van der Waals surface area (Å²) in [7, 11) is 0. The molecule has 1 fully saturated rings. The van der Waals surface area contributed by atoms with Gasteiger partial charge >= 0.3 is 0 Å². The summed E-state index contributed by atoms with van der Waals surface area (Å²) >= 11 is 0. The van der Waals surface area contributed by atoms with Gasteiger partial charge in [-0.25, -0.2) is 5.43 Å². The van der Waals surface area contributed by atoms with Crippen molar-refractivity contribution in [3.8, 4) is 0 Å². The van der Waals surface area contributed by atoms with Crippen LogP contribution in [0.4, 0.5) is 0 Å². The highest BCUT2D eigenvalue weighted by atomic mass is 16.3. The van der Waals surface area contributed by atoms with E-state index >= 15 is 0 Å². The average Bonchev–Trinajstić information content (AvgIpc) is 3.09. The molecule has 1 aromatic heterocycles. The molecule has 2 atom stereocenters. The maximum atomic E-state index is 11.9. The number of hydrogen-bond acceptors (Lipinski definition) is 3. The average molecular weight is 254 g/mol. The van der Waals surface area contributed by atoms with Crippen LogP contribution in [0.5, 0.6) is 0 Å². The second kappa shape index (κ2) is 5.10. The molecule has 1 aromatic carbocycles. The summed E-state index contributed by atoms with van der Waals surface area (Å²) in [6.07, 6.45) is 3.96. The van der Waals surface area contributed by atoms with Crippen LogP contribution in [0.15, 0.2) is 58.2 Å². The minimum atomic E-state index is -0.0309. The summed E-state index contributed by atoms with van der Waals surface area (Å²) in [6, 6.07) is 13.6. The molecule has 1 saturated carbocycles. The lowest BCUT2D eigenvalue weighted by molar-refractivity contribution is -0.122. The quantitative estimate of drug-likeness (QED) is 0.673. The van der Waals surface area contributed by atoms with Crippen molar-refractivity contribution < 1.29 is 9.21 Å². The van der Waals surface area contributed by atoms with Gasteiger partial charge in [0, 0.05) is 5.92 Å². The molecule has 3 rings (SSSR count). The molecule has 1 heterocycles. The van der Waals surface area contributed by atoms with E-state index in [-0.39, 0.29) is 11.8 Å². The molecule has 0 unspecified atom stereocenters. The molecule has 96 valence electrons. The van der Waals surface area contributed by atoms with Crippen LogP contribution < -0.4 is 5.43 Å². The molecule has 0 bridgehead atoms. The Morgan fingerprint density at radius 1 is 1.26 bits per heavy atom. The van der Waals surface area contributed by atoms with E-state index in [0.717, 1.165) is 6.42 Å². The molecule has 0 saturated heterocycles. The molecule has 1 amide bonds. The molecular formula is C15H14N2O2. The molecule has 1 aliphatic rings. The number of hydrogen-bond donors (Lipinski definition) is 1. The Kier molecular flexibility index (Phi) is 3.14. The number of furan rings is 1. The third-order valence-electron chi connectivity index (χ3n) is 3.26. The van der Waals surface area contributed by atoms with Crippen LogP contribution in [0.1, 0.15) is 23.7 Å². The first-order valence-electron chi connectivity index (χ1n) is 6.26. The van der Waals surface area contributed by atoms with E-state index in [0.29, 0.717) is 11.7 Å². The van der Waals surface area contributed by atoms with Gasteiger partial charge in [-0.15, -0.1) is 0 Å². The second-order valence-electron chi connectivity index (χ2n) is 4.61. The van der Waals surface area contributed by atoms with Crippen molar-refractivity contribution in [1.29, 1.82) is 0 Å². The third-order valence-corrected chi connectivity index (χ3v) is 3.26. The normalized spacial score (nSPS) is 21.5. The van der Waals surface area contributed by atoms with E-state index in [1.165, 1.54) is 11.8 Å². The molecule has 0 radical (unpaired) electrons. The first-order chi connectivity index (χ1) is 9.34. The largest absolute Gasteiger partial charge is 0.463 e. The lowest BCUT2D eigenvalue weighted by atomic mass is 10.1. The monoisotopic (exact) mass is 254 g/mol. The minimum absolute atomic E-state index is 0.0309. The van der Waals surface area contributed by atoms with E-state index < -0.39 is 0 Å². The van der Waals surface area contributed by atoms with Crippen molar-refractivity contribution in [2.75, 3.05) is 0 Å². The Morgan fingerprint density at radius 3 is 2.84 bits per heavy atom. The van der Waals surface area contributed by atoms with E-state index in [9.17, 15) is 4.79 Å². The number of nitrogens with zero attached hydrogens (tertiary/aromatic N) is 1. The zero-order valence-corrected chi connectivity index (χ0v) is 10.3. The van der Waals surface area contributed by atoms with Crippen LogP contribution in [0.3, 0.4) is 0 Å². The maximum Gasteiger partial charge on any atom is 0.243 e. The molecule has 0 aliphatic heterocycles.